The number of carbonyl (C=O) groups excluding carboxylic acids is 2. The van der Waals surface area contributed by atoms with Gasteiger partial charge in [0.1, 0.15) is 0 Å². The van der Waals surface area contributed by atoms with Gasteiger partial charge in [-0.05, 0) is 30.5 Å². The highest BCUT2D eigenvalue weighted by Gasteiger charge is 2.34. The summed E-state index contributed by atoms with van der Waals surface area (Å²) in [7, 11) is 0. The Kier molecular flexibility index (Phi) is 4.80. The molecule has 1 aromatic carbocycles. The lowest BCUT2D eigenvalue weighted by molar-refractivity contribution is -0.127. The number of amides is 3. The third-order valence-corrected chi connectivity index (χ3v) is 3.87. The lowest BCUT2D eigenvalue weighted by atomic mass is 9.82. The molecule has 0 unspecified atom stereocenters. The Labute approximate surface area is 124 Å². The minimum Gasteiger partial charge on any atom is -0.351 e. The van der Waals surface area contributed by atoms with Crippen LogP contribution in [-0.4, -0.2) is 17.5 Å². The van der Waals surface area contributed by atoms with Crippen LogP contribution in [0.2, 0.25) is 0 Å². The zero-order valence-electron chi connectivity index (χ0n) is 12.0. The van der Waals surface area contributed by atoms with Crippen molar-refractivity contribution in [3.8, 4) is 0 Å². The van der Waals surface area contributed by atoms with Crippen LogP contribution >= 0.6 is 0 Å². The van der Waals surface area contributed by atoms with E-state index in [1.165, 1.54) is 0 Å². The van der Waals surface area contributed by atoms with Gasteiger partial charge in [-0.15, -0.1) is 0 Å². The number of nitrogens with one attached hydrogen (secondary N) is 2. The van der Waals surface area contributed by atoms with E-state index in [0.717, 1.165) is 37.7 Å². The highest BCUT2D eigenvalue weighted by Crippen LogP contribution is 2.26. The quantitative estimate of drug-likeness (QED) is 0.673. The molecule has 3 amide bonds. The van der Waals surface area contributed by atoms with Gasteiger partial charge in [-0.2, -0.15) is 0 Å². The molecule has 1 saturated carbocycles. The Morgan fingerprint density at radius 3 is 2.29 bits per heavy atom. The average Bonchev–Trinajstić information content (AvgIpc) is 2.46. The molecule has 0 saturated heterocycles. The molecule has 114 valence electrons. The van der Waals surface area contributed by atoms with E-state index in [1.54, 1.807) is 12.1 Å². The molecule has 0 bridgehead atoms. The fourth-order valence-electron chi connectivity index (χ4n) is 2.62. The van der Waals surface area contributed by atoms with Gasteiger partial charge >= 0.3 is 6.03 Å². The second-order valence-electron chi connectivity index (χ2n) is 5.59. The van der Waals surface area contributed by atoms with Crippen molar-refractivity contribution in [1.82, 2.24) is 5.32 Å². The van der Waals surface area contributed by atoms with E-state index in [9.17, 15) is 9.59 Å². The first kappa shape index (κ1) is 15.3. The van der Waals surface area contributed by atoms with Crippen LogP contribution in [0.1, 0.15) is 37.7 Å². The van der Waals surface area contributed by atoms with Crippen molar-refractivity contribution in [2.75, 3.05) is 5.32 Å². The molecule has 6 nitrogen and oxygen atoms in total. The van der Waals surface area contributed by atoms with Crippen molar-refractivity contribution in [3.05, 3.63) is 29.8 Å². The van der Waals surface area contributed by atoms with Crippen LogP contribution in [0.4, 0.5) is 10.5 Å². The van der Waals surface area contributed by atoms with E-state index < -0.39 is 11.6 Å². The molecule has 0 atom stereocenters. The van der Waals surface area contributed by atoms with Gasteiger partial charge in [-0.1, -0.05) is 31.4 Å². The van der Waals surface area contributed by atoms with Crippen molar-refractivity contribution < 1.29 is 9.59 Å². The molecule has 6 N–H and O–H groups in total. The molecule has 21 heavy (non-hydrogen) atoms. The molecule has 0 spiro atoms. The van der Waals surface area contributed by atoms with Gasteiger partial charge in [0.25, 0.3) is 0 Å². The highest BCUT2D eigenvalue weighted by molar-refractivity contribution is 5.88. The first-order valence-electron chi connectivity index (χ1n) is 7.22. The van der Waals surface area contributed by atoms with Crippen LogP contribution in [0.5, 0.6) is 0 Å². The first-order valence-corrected chi connectivity index (χ1v) is 7.22. The number of benzene rings is 1. The Morgan fingerprint density at radius 1 is 1.10 bits per heavy atom. The van der Waals surface area contributed by atoms with Crippen molar-refractivity contribution in [3.63, 3.8) is 0 Å². The number of carbonyl (C=O) groups is 2. The summed E-state index contributed by atoms with van der Waals surface area (Å²) in [6.07, 6.45) is 4.68. The molecule has 1 aliphatic rings. The largest absolute Gasteiger partial charge is 0.351 e. The Hall–Kier alpha value is -2.08. The van der Waals surface area contributed by atoms with E-state index in [2.05, 4.69) is 10.6 Å². The predicted octanol–water partition coefficient (Wildman–Crippen LogP) is 1.45. The Bertz CT molecular complexity index is 507. The SMILES string of the molecule is NC(=O)Nc1ccc(CNC(=O)C2(N)CCCCC2)cc1. The van der Waals surface area contributed by atoms with Gasteiger partial charge in [-0.25, -0.2) is 4.79 Å². The summed E-state index contributed by atoms with van der Waals surface area (Å²) in [4.78, 5) is 22.9. The number of nitrogens with two attached hydrogens (primary N) is 2. The molecule has 0 aliphatic heterocycles. The standard InChI is InChI=1S/C15H22N4O2/c16-14(21)19-12-6-4-11(5-7-12)10-18-13(20)15(17)8-2-1-3-9-15/h4-7H,1-3,8-10,17H2,(H,18,20)(H3,16,19,21). The Morgan fingerprint density at radius 2 is 1.71 bits per heavy atom. The van der Waals surface area contributed by atoms with Crippen molar-refractivity contribution in [2.24, 2.45) is 11.5 Å². The summed E-state index contributed by atoms with van der Waals surface area (Å²) in [6, 6.07) is 6.54. The van der Waals surface area contributed by atoms with Crippen LogP contribution in [0.3, 0.4) is 0 Å². The fraction of sp³-hybridized carbons (Fsp3) is 0.467. The number of hydrogen-bond acceptors (Lipinski definition) is 3. The second-order valence-corrected chi connectivity index (χ2v) is 5.59. The maximum Gasteiger partial charge on any atom is 0.316 e. The summed E-state index contributed by atoms with van der Waals surface area (Å²) in [5.74, 6) is -0.0819. The molecule has 0 heterocycles. The number of hydrogen-bond donors (Lipinski definition) is 4. The lowest BCUT2D eigenvalue weighted by Gasteiger charge is -2.31. The van der Waals surface area contributed by atoms with E-state index in [-0.39, 0.29) is 5.91 Å². The summed E-state index contributed by atoms with van der Waals surface area (Å²) in [6.45, 7) is 0.425. The van der Waals surface area contributed by atoms with Crippen LogP contribution in [0.25, 0.3) is 0 Å². The minimum absolute atomic E-state index is 0.0819. The summed E-state index contributed by atoms with van der Waals surface area (Å²) >= 11 is 0. The van der Waals surface area contributed by atoms with Crippen molar-refractivity contribution >= 4 is 17.6 Å². The smallest absolute Gasteiger partial charge is 0.316 e. The fourth-order valence-corrected chi connectivity index (χ4v) is 2.62. The summed E-state index contributed by atoms with van der Waals surface area (Å²) in [5.41, 5.74) is 12.1. The van der Waals surface area contributed by atoms with E-state index in [1.807, 2.05) is 12.1 Å². The molecule has 0 aromatic heterocycles. The van der Waals surface area contributed by atoms with Crippen LogP contribution < -0.4 is 22.1 Å². The normalized spacial score (nSPS) is 17.0. The molecule has 2 rings (SSSR count). The molecular weight excluding hydrogens is 268 g/mol. The molecular formula is C15H22N4O2. The van der Waals surface area contributed by atoms with Crippen molar-refractivity contribution in [2.45, 2.75) is 44.2 Å². The molecule has 1 aromatic rings. The zero-order valence-corrected chi connectivity index (χ0v) is 12.0. The maximum atomic E-state index is 12.2. The Balaban J connectivity index is 1.87. The monoisotopic (exact) mass is 290 g/mol. The zero-order chi connectivity index (χ0) is 15.3. The highest BCUT2D eigenvalue weighted by atomic mass is 16.2. The number of anilines is 1. The van der Waals surface area contributed by atoms with Gasteiger partial charge in [0, 0.05) is 12.2 Å². The topological polar surface area (TPSA) is 110 Å². The van der Waals surface area contributed by atoms with Gasteiger partial charge in [-0.3, -0.25) is 4.79 Å². The van der Waals surface area contributed by atoms with Gasteiger partial charge in [0.15, 0.2) is 0 Å². The third kappa shape index (κ3) is 4.19. The van der Waals surface area contributed by atoms with Crippen LogP contribution in [0.15, 0.2) is 24.3 Å². The summed E-state index contributed by atoms with van der Waals surface area (Å²) in [5, 5.41) is 5.38. The van der Waals surface area contributed by atoms with E-state index in [0.29, 0.717) is 12.2 Å². The lowest BCUT2D eigenvalue weighted by Crippen LogP contribution is -2.54. The molecule has 6 heteroatoms. The first-order chi connectivity index (χ1) is 9.99. The molecule has 0 radical (unpaired) electrons. The minimum atomic E-state index is -0.717. The van der Waals surface area contributed by atoms with Gasteiger partial charge in [0.2, 0.25) is 5.91 Å². The van der Waals surface area contributed by atoms with Crippen molar-refractivity contribution in [1.29, 1.82) is 0 Å². The molecule has 1 aliphatic carbocycles. The number of rotatable bonds is 4. The van der Waals surface area contributed by atoms with Crippen LogP contribution in [-0.2, 0) is 11.3 Å². The predicted molar refractivity (Wildman–Crippen MR) is 81.5 cm³/mol. The van der Waals surface area contributed by atoms with E-state index in [4.69, 9.17) is 11.5 Å². The second kappa shape index (κ2) is 6.58. The molecule has 1 fully saturated rings. The number of primary amides is 1. The average molecular weight is 290 g/mol. The summed E-state index contributed by atoms with van der Waals surface area (Å²) < 4.78 is 0. The van der Waals surface area contributed by atoms with Gasteiger partial charge < -0.3 is 22.1 Å². The number of urea groups is 1. The van der Waals surface area contributed by atoms with E-state index >= 15 is 0 Å². The maximum absolute atomic E-state index is 12.2. The van der Waals surface area contributed by atoms with Crippen LogP contribution in [0, 0.1) is 0 Å². The van der Waals surface area contributed by atoms with Gasteiger partial charge in [0.05, 0.1) is 5.54 Å². The third-order valence-electron chi connectivity index (χ3n) is 3.87.